The van der Waals surface area contributed by atoms with E-state index in [1.807, 2.05) is 6.20 Å². The van der Waals surface area contributed by atoms with Gasteiger partial charge in [0.05, 0.1) is 5.02 Å². The van der Waals surface area contributed by atoms with Crippen LogP contribution >= 0.6 is 11.6 Å². The first kappa shape index (κ1) is 21.5. The van der Waals surface area contributed by atoms with Gasteiger partial charge in [0.1, 0.15) is 17.3 Å². The topological polar surface area (TPSA) is 61.9 Å². The second-order valence-electron chi connectivity index (χ2n) is 8.33. The molecule has 1 amide bonds. The van der Waals surface area contributed by atoms with Gasteiger partial charge in [-0.15, -0.1) is 0 Å². The molecule has 1 aliphatic rings. The van der Waals surface area contributed by atoms with Crippen LogP contribution < -0.4 is 0 Å². The third-order valence-electron chi connectivity index (χ3n) is 5.94. The minimum Gasteiger partial charge on any atom is -0.361 e. The summed E-state index contributed by atoms with van der Waals surface area (Å²) >= 11 is 5.98. The zero-order valence-corrected chi connectivity index (χ0v) is 18.4. The van der Waals surface area contributed by atoms with Gasteiger partial charge in [-0.3, -0.25) is 9.78 Å². The number of carbonyl (C=O) groups excluding carboxylic acids is 1. The van der Waals surface area contributed by atoms with Crippen molar-refractivity contribution in [2.45, 2.75) is 19.3 Å². The monoisotopic (exact) mass is 466 g/mol. The minimum absolute atomic E-state index is 0.0674. The fourth-order valence-electron chi connectivity index (χ4n) is 3.99. The van der Waals surface area contributed by atoms with Crippen molar-refractivity contribution in [2.75, 3.05) is 13.1 Å². The van der Waals surface area contributed by atoms with E-state index in [0.29, 0.717) is 42.2 Å². The molecular weight excluding hydrogens is 446 g/mol. The number of carbonyl (C=O) groups is 1. The highest BCUT2D eigenvalue weighted by atomic mass is 35.5. The molecule has 0 radical (unpaired) electrons. The van der Waals surface area contributed by atoms with Gasteiger partial charge in [-0.05, 0) is 67.1 Å². The van der Waals surface area contributed by atoms with Gasteiger partial charge in [-0.25, -0.2) is 13.8 Å². The minimum atomic E-state index is -0.473. The molecule has 2 heterocycles. The van der Waals surface area contributed by atoms with Crippen molar-refractivity contribution in [3.8, 4) is 11.3 Å². The highest BCUT2D eigenvalue weighted by Crippen LogP contribution is 2.31. The maximum atomic E-state index is 13.8. The summed E-state index contributed by atoms with van der Waals surface area (Å²) < 4.78 is 27.2. The van der Waals surface area contributed by atoms with E-state index in [1.54, 1.807) is 23.1 Å². The molecule has 1 aliphatic carbocycles. The van der Waals surface area contributed by atoms with Gasteiger partial charge in [0, 0.05) is 48.1 Å². The molecule has 0 spiro atoms. The molecule has 0 aliphatic heterocycles. The zero-order valence-electron chi connectivity index (χ0n) is 17.7. The summed E-state index contributed by atoms with van der Waals surface area (Å²) in [6.45, 7) is 1.10. The summed E-state index contributed by atoms with van der Waals surface area (Å²) in [7, 11) is 0. The van der Waals surface area contributed by atoms with Crippen LogP contribution in [0.5, 0.6) is 0 Å². The number of hydrogen-bond acceptors (Lipinski definition) is 3. The molecule has 1 fully saturated rings. The lowest BCUT2D eigenvalue weighted by atomic mass is 10.1. The number of aromatic nitrogens is 3. The molecule has 33 heavy (non-hydrogen) atoms. The smallest absolute Gasteiger partial charge is 0.274 e. The molecule has 8 heteroatoms. The number of benzene rings is 2. The maximum absolute atomic E-state index is 13.8. The average Bonchev–Trinajstić information content (AvgIpc) is 3.57. The molecule has 0 bridgehead atoms. The van der Waals surface area contributed by atoms with Crippen LogP contribution in [0.15, 0.2) is 55.0 Å². The van der Waals surface area contributed by atoms with Gasteiger partial charge in [0.25, 0.3) is 5.91 Å². The summed E-state index contributed by atoms with van der Waals surface area (Å²) in [5.41, 5.74) is 2.93. The van der Waals surface area contributed by atoms with Crippen LogP contribution in [0, 0.1) is 17.6 Å². The molecule has 5 rings (SSSR count). The van der Waals surface area contributed by atoms with E-state index in [9.17, 15) is 13.6 Å². The zero-order chi connectivity index (χ0) is 22.9. The number of fused-ring (bicyclic) bond motifs is 1. The van der Waals surface area contributed by atoms with Crippen molar-refractivity contribution in [1.29, 1.82) is 0 Å². The normalized spacial score (nSPS) is 13.4. The lowest BCUT2D eigenvalue weighted by Gasteiger charge is -2.23. The molecule has 5 nitrogen and oxygen atoms in total. The number of halogens is 3. The fourth-order valence-corrected chi connectivity index (χ4v) is 4.15. The van der Waals surface area contributed by atoms with Crippen molar-refractivity contribution in [2.24, 2.45) is 5.92 Å². The van der Waals surface area contributed by atoms with Gasteiger partial charge < -0.3 is 9.88 Å². The molecule has 1 saturated carbocycles. The van der Waals surface area contributed by atoms with E-state index < -0.39 is 5.82 Å². The Labute approximate surface area is 194 Å². The summed E-state index contributed by atoms with van der Waals surface area (Å²) in [6, 6.07) is 8.85. The Morgan fingerprint density at radius 1 is 1.12 bits per heavy atom. The van der Waals surface area contributed by atoms with Crippen LogP contribution in [0.1, 0.15) is 28.9 Å². The van der Waals surface area contributed by atoms with Crippen LogP contribution in [0.3, 0.4) is 0 Å². The number of nitrogens with zero attached hydrogens (tertiary/aromatic N) is 3. The maximum Gasteiger partial charge on any atom is 0.274 e. The summed E-state index contributed by atoms with van der Waals surface area (Å²) in [4.78, 5) is 27.1. The van der Waals surface area contributed by atoms with Gasteiger partial charge >= 0.3 is 0 Å². The second-order valence-corrected chi connectivity index (χ2v) is 8.74. The van der Waals surface area contributed by atoms with Crippen molar-refractivity contribution < 1.29 is 13.6 Å². The summed E-state index contributed by atoms with van der Waals surface area (Å²) in [5.74, 6) is -0.562. The number of amides is 1. The lowest BCUT2D eigenvalue weighted by Crippen LogP contribution is -2.35. The van der Waals surface area contributed by atoms with Crippen LogP contribution in [0.2, 0.25) is 5.02 Å². The molecule has 0 saturated heterocycles. The van der Waals surface area contributed by atoms with E-state index >= 15 is 0 Å². The predicted molar refractivity (Wildman–Crippen MR) is 123 cm³/mol. The molecule has 2 aromatic heterocycles. The lowest BCUT2D eigenvalue weighted by molar-refractivity contribution is 0.0744. The number of aromatic amines is 1. The van der Waals surface area contributed by atoms with Crippen LogP contribution in [-0.4, -0.2) is 38.8 Å². The van der Waals surface area contributed by atoms with E-state index in [4.69, 9.17) is 11.6 Å². The Morgan fingerprint density at radius 3 is 2.64 bits per heavy atom. The third kappa shape index (κ3) is 4.59. The largest absolute Gasteiger partial charge is 0.361 e. The van der Waals surface area contributed by atoms with E-state index in [1.165, 1.54) is 30.6 Å². The fraction of sp³-hybridized carbons (Fsp3) is 0.240. The third-order valence-corrected chi connectivity index (χ3v) is 6.23. The first-order valence-electron chi connectivity index (χ1n) is 10.8. The van der Waals surface area contributed by atoms with Gasteiger partial charge in [-0.2, -0.15) is 0 Å². The quantitative estimate of drug-likeness (QED) is 0.383. The Morgan fingerprint density at radius 2 is 1.88 bits per heavy atom. The molecule has 168 valence electrons. The van der Waals surface area contributed by atoms with Crippen LogP contribution in [-0.2, 0) is 6.42 Å². The number of nitrogens with one attached hydrogen (secondary N) is 1. The van der Waals surface area contributed by atoms with Gasteiger partial charge in [-0.1, -0.05) is 11.6 Å². The van der Waals surface area contributed by atoms with Crippen molar-refractivity contribution in [1.82, 2.24) is 19.9 Å². The van der Waals surface area contributed by atoms with Crippen molar-refractivity contribution in [3.05, 3.63) is 82.9 Å². The first-order valence-corrected chi connectivity index (χ1v) is 11.2. The van der Waals surface area contributed by atoms with E-state index in [-0.39, 0.29) is 22.4 Å². The summed E-state index contributed by atoms with van der Waals surface area (Å²) in [6.07, 6.45) is 7.61. The Kier molecular flexibility index (Phi) is 5.81. The molecule has 0 unspecified atom stereocenters. The van der Waals surface area contributed by atoms with Crippen molar-refractivity contribution in [3.63, 3.8) is 0 Å². The van der Waals surface area contributed by atoms with Gasteiger partial charge in [0.15, 0.2) is 5.69 Å². The van der Waals surface area contributed by atoms with Gasteiger partial charge in [0.2, 0.25) is 0 Å². The summed E-state index contributed by atoms with van der Waals surface area (Å²) in [5, 5.41) is 0.907. The number of hydrogen-bond donors (Lipinski definition) is 1. The highest BCUT2D eigenvalue weighted by molar-refractivity contribution is 6.31. The molecular formula is C25H21ClF2N4O. The van der Waals surface area contributed by atoms with Crippen molar-refractivity contribution >= 4 is 28.4 Å². The molecule has 0 atom stereocenters. The van der Waals surface area contributed by atoms with Crippen LogP contribution in [0.25, 0.3) is 22.2 Å². The highest BCUT2D eigenvalue weighted by Gasteiger charge is 2.29. The molecule has 1 N–H and O–H groups in total. The van der Waals surface area contributed by atoms with E-state index in [0.717, 1.165) is 23.8 Å². The van der Waals surface area contributed by atoms with Crippen LogP contribution in [0.4, 0.5) is 8.78 Å². The Bertz CT molecular complexity index is 1320. The number of H-pyrrole nitrogens is 1. The Balaban J connectivity index is 1.42. The Hall–Kier alpha value is -3.32. The SMILES string of the molecule is O=C(c1nccnc1-c1ccc(F)cc1)N(CCc1c[nH]c2cc(F)c(Cl)cc12)CC1CC1. The molecule has 2 aromatic carbocycles. The first-order chi connectivity index (χ1) is 16.0. The predicted octanol–water partition coefficient (Wildman–Crippen LogP) is 5.65. The van der Waals surface area contributed by atoms with E-state index in [2.05, 4.69) is 15.0 Å². The average molecular weight is 467 g/mol. The second kappa shape index (κ2) is 8.90. The molecule has 4 aromatic rings. The standard InChI is InChI=1S/C25H21ClF2N4O/c26-20-11-19-17(13-31-22(19)12-21(20)28)7-10-32(14-15-1-2-15)25(33)24-23(29-8-9-30-24)16-3-5-18(27)6-4-16/h3-6,8-9,11-13,15,31H,1-2,7,10,14H2. The number of rotatable bonds is 7.